The third-order valence-electron chi connectivity index (χ3n) is 4.31. The summed E-state index contributed by atoms with van der Waals surface area (Å²) in [4.78, 5) is 22.7. The van der Waals surface area contributed by atoms with Gasteiger partial charge in [-0.3, -0.25) is 4.79 Å². The molecule has 1 aliphatic heterocycles. The van der Waals surface area contributed by atoms with Gasteiger partial charge in [0.1, 0.15) is 5.02 Å². The van der Waals surface area contributed by atoms with Gasteiger partial charge in [0.25, 0.3) is 0 Å². The van der Waals surface area contributed by atoms with E-state index < -0.39 is 0 Å². The minimum absolute atomic E-state index is 0.0235. The molecule has 6 nitrogen and oxygen atoms in total. The molecule has 136 valence electrons. The molecule has 0 saturated carbocycles. The van der Waals surface area contributed by atoms with Gasteiger partial charge < -0.3 is 15.5 Å². The molecular formula is C20H18ClN5O. The van der Waals surface area contributed by atoms with Crippen LogP contribution in [0.2, 0.25) is 5.02 Å². The summed E-state index contributed by atoms with van der Waals surface area (Å²) in [7, 11) is 0. The molecule has 0 spiro atoms. The largest absolute Gasteiger partial charge is 0.339 e. The predicted molar refractivity (Wildman–Crippen MR) is 106 cm³/mol. The Morgan fingerprint density at radius 3 is 2.30 bits per heavy atom. The summed E-state index contributed by atoms with van der Waals surface area (Å²) in [6.45, 7) is 2.63. The number of anilines is 4. The lowest BCUT2D eigenvalue weighted by Gasteiger charge is -2.22. The van der Waals surface area contributed by atoms with Crippen LogP contribution >= 0.6 is 11.6 Å². The molecule has 4 rings (SSSR count). The van der Waals surface area contributed by atoms with Crippen LogP contribution in [-0.2, 0) is 17.9 Å². The number of nitrogens with zero attached hydrogens (tertiary/aromatic N) is 3. The Morgan fingerprint density at radius 2 is 1.67 bits per heavy atom. The molecule has 2 heterocycles. The average molecular weight is 380 g/mol. The average Bonchev–Trinajstić information content (AvgIpc) is 2.64. The first-order valence-electron chi connectivity index (χ1n) is 8.57. The van der Waals surface area contributed by atoms with Crippen molar-refractivity contribution >= 4 is 40.6 Å². The summed E-state index contributed by atoms with van der Waals surface area (Å²) in [5.41, 5.74) is 3.74. The topological polar surface area (TPSA) is 70.2 Å². The molecular weight excluding hydrogens is 362 g/mol. The van der Waals surface area contributed by atoms with Gasteiger partial charge in [0, 0.05) is 31.4 Å². The minimum atomic E-state index is 0.0235. The number of carbonyl (C=O) groups excluding carboxylic acids is 1. The summed E-state index contributed by atoms with van der Waals surface area (Å²) < 4.78 is 0. The van der Waals surface area contributed by atoms with E-state index in [4.69, 9.17) is 11.6 Å². The fourth-order valence-corrected chi connectivity index (χ4v) is 3.13. The van der Waals surface area contributed by atoms with E-state index in [2.05, 4.69) is 20.6 Å². The molecule has 0 aliphatic carbocycles. The van der Waals surface area contributed by atoms with E-state index in [0.29, 0.717) is 29.9 Å². The molecule has 6 bridgehead atoms. The Kier molecular flexibility index (Phi) is 4.64. The number of hydrogen-bond acceptors (Lipinski definition) is 5. The number of rotatable bonds is 0. The van der Waals surface area contributed by atoms with Gasteiger partial charge >= 0.3 is 0 Å². The SMILES string of the molecule is CC(=O)N1Cc2cccc(c2)Nc2ncc(Cl)c(n2)Nc2cccc(c2)C1. The molecule has 1 aromatic heterocycles. The molecule has 2 N–H and O–H groups in total. The van der Waals surface area contributed by atoms with Crippen LogP contribution in [0.1, 0.15) is 18.1 Å². The normalized spacial score (nSPS) is 13.2. The molecule has 2 aromatic carbocycles. The van der Waals surface area contributed by atoms with Crippen molar-refractivity contribution in [1.29, 1.82) is 0 Å². The molecule has 1 aliphatic rings. The molecule has 0 radical (unpaired) electrons. The quantitative estimate of drug-likeness (QED) is 0.602. The molecule has 0 atom stereocenters. The number of hydrogen-bond donors (Lipinski definition) is 2. The summed E-state index contributed by atoms with van der Waals surface area (Å²) in [6, 6.07) is 15.7. The Bertz CT molecular complexity index is 1010. The van der Waals surface area contributed by atoms with Crippen LogP contribution in [0.25, 0.3) is 0 Å². The van der Waals surface area contributed by atoms with Gasteiger partial charge in [-0.25, -0.2) is 4.98 Å². The summed E-state index contributed by atoms with van der Waals surface area (Å²) in [6.07, 6.45) is 1.57. The number of carbonyl (C=O) groups is 1. The second kappa shape index (κ2) is 7.25. The molecule has 7 heteroatoms. The minimum Gasteiger partial charge on any atom is -0.339 e. The lowest BCUT2D eigenvalue weighted by atomic mass is 10.1. The summed E-state index contributed by atoms with van der Waals surface area (Å²) in [5, 5.41) is 6.85. The maximum absolute atomic E-state index is 12.2. The van der Waals surface area contributed by atoms with Crippen LogP contribution in [0, 0.1) is 0 Å². The van der Waals surface area contributed by atoms with E-state index in [1.165, 1.54) is 0 Å². The fourth-order valence-electron chi connectivity index (χ4n) is 3.00. The smallest absolute Gasteiger partial charge is 0.229 e. The summed E-state index contributed by atoms with van der Waals surface area (Å²) in [5.74, 6) is 0.981. The molecule has 0 unspecified atom stereocenters. The maximum atomic E-state index is 12.2. The van der Waals surface area contributed by atoms with Crippen molar-refractivity contribution < 1.29 is 4.79 Å². The second-order valence-corrected chi connectivity index (χ2v) is 6.82. The Labute approximate surface area is 162 Å². The molecule has 27 heavy (non-hydrogen) atoms. The van der Waals surface area contributed by atoms with Gasteiger partial charge in [-0.15, -0.1) is 0 Å². The lowest BCUT2D eigenvalue weighted by Crippen LogP contribution is -2.27. The highest BCUT2D eigenvalue weighted by molar-refractivity contribution is 6.32. The first kappa shape index (κ1) is 17.3. The third kappa shape index (κ3) is 4.01. The maximum Gasteiger partial charge on any atom is 0.229 e. The van der Waals surface area contributed by atoms with E-state index in [-0.39, 0.29) is 5.91 Å². The first-order chi connectivity index (χ1) is 13.1. The van der Waals surface area contributed by atoms with Gasteiger partial charge in [0.2, 0.25) is 11.9 Å². The predicted octanol–water partition coefficient (Wildman–Crippen LogP) is 4.48. The van der Waals surface area contributed by atoms with Crippen molar-refractivity contribution in [2.45, 2.75) is 20.0 Å². The number of halogens is 1. The van der Waals surface area contributed by atoms with Crippen molar-refractivity contribution in [2.24, 2.45) is 0 Å². The highest BCUT2D eigenvalue weighted by Gasteiger charge is 2.13. The number of amides is 1. The van der Waals surface area contributed by atoms with Gasteiger partial charge in [-0.1, -0.05) is 35.9 Å². The van der Waals surface area contributed by atoms with Crippen LogP contribution in [0.5, 0.6) is 0 Å². The van der Waals surface area contributed by atoms with Gasteiger partial charge in [0.05, 0.1) is 6.20 Å². The zero-order chi connectivity index (χ0) is 18.8. The van der Waals surface area contributed by atoms with Crippen LogP contribution in [-0.4, -0.2) is 20.8 Å². The molecule has 1 amide bonds. The van der Waals surface area contributed by atoms with Crippen LogP contribution < -0.4 is 10.6 Å². The van der Waals surface area contributed by atoms with Crippen molar-refractivity contribution in [3.8, 4) is 0 Å². The van der Waals surface area contributed by atoms with Gasteiger partial charge in [-0.2, -0.15) is 4.98 Å². The first-order valence-corrected chi connectivity index (χ1v) is 8.94. The van der Waals surface area contributed by atoms with E-state index in [1.807, 2.05) is 53.4 Å². The van der Waals surface area contributed by atoms with E-state index in [0.717, 1.165) is 22.5 Å². The fraction of sp³-hybridized carbons (Fsp3) is 0.150. The highest BCUT2D eigenvalue weighted by Crippen LogP contribution is 2.26. The Hall–Kier alpha value is -3.12. The second-order valence-electron chi connectivity index (χ2n) is 6.42. The molecule has 0 saturated heterocycles. The molecule has 0 fully saturated rings. The number of fused-ring (bicyclic) bond motifs is 6. The van der Waals surface area contributed by atoms with Crippen molar-refractivity contribution in [1.82, 2.24) is 14.9 Å². The van der Waals surface area contributed by atoms with E-state index in [1.54, 1.807) is 13.1 Å². The standard InChI is InChI=1S/C20H18ClN5O/c1-13(27)26-11-14-4-2-6-16(8-14)23-19-18(21)10-22-20(25-19)24-17-7-3-5-15(9-17)12-26/h2-10H,11-12H2,1H3,(H2,22,23,24,25). The zero-order valence-corrected chi connectivity index (χ0v) is 15.5. The van der Waals surface area contributed by atoms with Crippen LogP contribution in [0.15, 0.2) is 54.7 Å². The van der Waals surface area contributed by atoms with Crippen LogP contribution in [0.3, 0.4) is 0 Å². The zero-order valence-electron chi connectivity index (χ0n) is 14.7. The number of aromatic nitrogens is 2. The van der Waals surface area contributed by atoms with Gasteiger partial charge in [-0.05, 0) is 35.4 Å². The van der Waals surface area contributed by atoms with Gasteiger partial charge in [0.15, 0.2) is 5.82 Å². The third-order valence-corrected chi connectivity index (χ3v) is 4.59. The van der Waals surface area contributed by atoms with E-state index >= 15 is 0 Å². The number of benzene rings is 2. The Morgan fingerprint density at radius 1 is 1.04 bits per heavy atom. The highest BCUT2D eigenvalue weighted by atomic mass is 35.5. The lowest BCUT2D eigenvalue weighted by molar-refractivity contribution is -0.130. The summed E-state index contributed by atoms with van der Waals surface area (Å²) >= 11 is 6.26. The van der Waals surface area contributed by atoms with Crippen molar-refractivity contribution in [3.63, 3.8) is 0 Å². The van der Waals surface area contributed by atoms with E-state index in [9.17, 15) is 4.79 Å². The van der Waals surface area contributed by atoms with Crippen LogP contribution in [0.4, 0.5) is 23.1 Å². The van der Waals surface area contributed by atoms with Crippen molar-refractivity contribution in [2.75, 3.05) is 10.6 Å². The molecule has 3 aromatic rings. The number of nitrogens with one attached hydrogen (secondary N) is 2. The monoisotopic (exact) mass is 379 g/mol. The van der Waals surface area contributed by atoms with Crippen molar-refractivity contribution in [3.05, 3.63) is 70.9 Å². The Balaban J connectivity index is 1.81.